The average molecular weight is 436 g/mol. The first-order valence-electron chi connectivity index (χ1n) is 9.83. The van der Waals surface area contributed by atoms with Crippen LogP contribution in [0.1, 0.15) is 18.4 Å². The summed E-state index contributed by atoms with van der Waals surface area (Å²) in [4.78, 5) is 13.3. The van der Waals surface area contributed by atoms with Crippen LogP contribution in [0.5, 0.6) is 11.5 Å². The van der Waals surface area contributed by atoms with Crippen molar-refractivity contribution in [1.82, 2.24) is 15.0 Å². The van der Waals surface area contributed by atoms with E-state index in [0.29, 0.717) is 47.1 Å². The Morgan fingerprint density at radius 2 is 1.90 bits per heavy atom. The molecular weight excluding hydrogens is 414 g/mol. The van der Waals surface area contributed by atoms with E-state index in [4.69, 9.17) is 26.8 Å². The van der Waals surface area contributed by atoms with Crippen LogP contribution in [0.4, 0.5) is 17.2 Å². The quantitative estimate of drug-likeness (QED) is 0.381. The van der Waals surface area contributed by atoms with Gasteiger partial charge >= 0.3 is 0 Å². The van der Waals surface area contributed by atoms with E-state index < -0.39 is 0 Å². The number of nitrogens with one attached hydrogen (secondary N) is 1. The molecule has 0 unspecified atom stereocenters. The molecule has 2 heterocycles. The highest BCUT2D eigenvalue weighted by molar-refractivity contribution is 6.32. The van der Waals surface area contributed by atoms with E-state index in [1.54, 1.807) is 12.3 Å². The molecule has 0 fully saturated rings. The van der Waals surface area contributed by atoms with Crippen LogP contribution in [0, 0.1) is 6.92 Å². The molecule has 0 aliphatic heterocycles. The molecule has 0 aliphatic rings. The standard InChI is InChI=1S/C23H22ClN5O2/c1-3-30-22-12-20-17(11-19(22)25)23(28-14(2)27-20)29-15-7-8-21(18(24)10-15)31-13-16-6-4-5-9-26-16/h4-12H,3,13,25H2,1-2H3,(H,27,28,29). The number of hydrogen-bond acceptors (Lipinski definition) is 7. The third-order valence-corrected chi connectivity index (χ3v) is 4.83. The fourth-order valence-corrected chi connectivity index (χ4v) is 3.37. The van der Waals surface area contributed by atoms with Crippen molar-refractivity contribution >= 4 is 39.7 Å². The number of pyridine rings is 1. The van der Waals surface area contributed by atoms with Gasteiger partial charge in [-0.25, -0.2) is 9.97 Å². The molecular formula is C23H22ClN5O2. The van der Waals surface area contributed by atoms with Crippen molar-refractivity contribution < 1.29 is 9.47 Å². The Morgan fingerprint density at radius 1 is 1.03 bits per heavy atom. The monoisotopic (exact) mass is 435 g/mol. The number of nitrogen functional groups attached to an aromatic ring is 1. The van der Waals surface area contributed by atoms with E-state index in [0.717, 1.165) is 22.3 Å². The number of hydrogen-bond donors (Lipinski definition) is 2. The molecule has 0 saturated carbocycles. The van der Waals surface area contributed by atoms with Gasteiger partial charge in [-0.1, -0.05) is 17.7 Å². The summed E-state index contributed by atoms with van der Waals surface area (Å²) in [5, 5.41) is 4.58. The fourth-order valence-electron chi connectivity index (χ4n) is 3.13. The molecule has 0 bridgehead atoms. The molecule has 2 aromatic heterocycles. The molecule has 0 atom stereocenters. The van der Waals surface area contributed by atoms with Gasteiger partial charge < -0.3 is 20.5 Å². The van der Waals surface area contributed by atoms with E-state index in [1.165, 1.54) is 0 Å². The zero-order chi connectivity index (χ0) is 21.8. The van der Waals surface area contributed by atoms with E-state index in [9.17, 15) is 0 Å². The van der Waals surface area contributed by atoms with Gasteiger partial charge in [0.05, 0.1) is 28.5 Å². The van der Waals surface area contributed by atoms with Crippen LogP contribution < -0.4 is 20.5 Å². The molecule has 0 radical (unpaired) electrons. The predicted molar refractivity (Wildman–Crippen MR) is 123 cm³/mol. The summed E-state index contributed by atoms with van der Waals surface area (Å²) in [7, 11) is 0. The molecule has 7 nitrogen and oxygen atoms in total. The zero-order valence-electron chi connectivity index (χ0n) is 17.2. The van der Waals surface area contributed by atoms with Crippen LogP contribution in [0.2, 0.25) is 5.02 Å². The van der Waals surface area contributed by atoms with Crippen LogP contribution in [-0.4, -0.2) is 21.6 Å². The first kappa shape index (κ1) is 20.7. The van der Waals surface area contributed by atoms with E-state index in [2.05, 4.69) is 20.3 Å². The molecule has 31 heavy (non-hydrogen) atoms. The van der Waals surface area contributed by atoms with Crippen LogP contribution in [0.15, 0.2) is 54.7 Å². The highest BCUT2D eigenvalue weighted by Crippen LogP contribution is 2.34. The maximum Gasteiger partial charge on any atom is 0.144 e. The normalized spacial score (nSPS) is 10.8. The van der Waals surface area contributed by atoms with Gasteiger partial charge in [-0.15, -0.1) is 0 Å². The number of aryl methyl sites for hydroxylation is 1. The Bertz CT molecular complexity index is 1220. The average Bonchev–Trinajstić information content (AvgIpc) is 2.75. The molecule has 4 aromatic rings. The van der Waals surface area contributed by atoms with Crippen LogP contribution >= 0.6 is 11.6 Å². The molecule has 0 spiro atoms. The highest BCUT2D eigenvalue weighted by Gasteiger charge is 2.12. The minimum atomic E-state index is 0.338. The Hall–Kier alpha value is -3.58. The van der Waals surface area contributed by atoms with Crippen LogP contribution in [-0.2, 0) is 6.61 Å². The fraction of sp³-hybridized carbons (Fsp3) is 0.174. The predicted octanol–water partition coefficient (Wildman–Crippen LogP) is 5.29. The van der Waals surface area contributed by atoms with Gasteiger partial charge in [0.1, 0.15) is 29.7 Å². The third kappa shape index (κ3) is 4.78. The lowest BCUT2D eigenvalue weighted by Crippen LogP contribution is -2.02. The maximum atomic E-state index is 6.44. The molecule has 0 amide bonds. The second-order valence-electron chi connectivity index (χ2n) is 6.84. The maximum absolute atomic E-state index is 6.44. The molecule has 2 aromatic carbocycles. The number of anilines is 3. The Kier molecular flexibility index (Phi) is 6.04. The molecule has 0 saturated heterocycles. The Labute approximate surface area is 185 Å². The van der Waals surface area contributed by atoms with Gasteiger partial charge in [-0.05, 0) is 50.2 Å². The zero-order valence-corrected chi connectivity index (χ0v) is 18.0. The number of aromatic nitrogens is 3. The second kappa shape index (κ2) is 9.06. The van der Waals surface area contributed by atoms with Gasteiger partial charge in [0.2, 0.25) is 0 Å². The third-order valence-electron chi connectivity index (χ3n) is 4.54. The van der Waals surface area contributed by atoms with Crippen molar-refractivity contribution in [3.05, 3.63) is 71.3 Å². The Morgan fingerprint density at radius 3 is 2.65 bits per heavy atom. The lowest BCUT2D eigenvalue weighted by atomic mass is 10.2. The number of halogens is 1. The van der Waals surface area contributed by atoms with Gasteiger partial charge in [0.15, 0.2) is 0 Å². The molecule has 158 valence electrons. The lowest BCUT2D eigenvalue weighted by Gasteiger charge is -2.14. The SMILES string of the molecule is CCOc1cc2nc(C)nc(Nc3ccc(OCc4ccccn4)c(Cl)c3)c2cc1N. The number of nitrogens with zero attached hydrogens (tertiary/aromatic N) is 3. The highest BCUT2D eigenvalue weighted by atomic mass is 35.5. The first-order chi connectivity index (χ1) is 15.0. The minimum Gasteiger partial charge on any atom is -0.492 e. The summed E-state index contributed by atoms with van der Waals surface area (Å²) in [6.07, 6.45) is 1.73. The smallest absolute Gasteiger partial charge is 0.144 e. The van der Waals surface area contributed by atoms with Crippen molar-refractivity contribution in [2.75, 3.05) is 17.7 Å². The Balaban J connectivity index is 1.58. The number of ether oxygens (including phenoxy) is 2. The topological polar surface area (TPSA) is 95.2 Å². The van der Waals surface area contributed by atoms with Crippen molar-refractivity contribution in [2.45, 2.75) is 20.5 Å². The lowest BCUT2D eigenvalue weighted by molar-refractivity contribution is 0.301. The van der Waals surface area contributed by atoms with Crippen LogP contribution in [0.25, 0.3) is 10.9 Å². The largest absolute Gasteiger partial charge is 0.492 e. The van der Waals surface area contributed by atoms with E-state index in [1.807, 2.05) is 56.3 Å². The van der Waals surface area contributed by atoms with Crippen LogP contribution in [0.3, 0.4) is 0 Å². The van der Waals surface area contributed by atoms with E-state index >= 15 is 0 Å². The van der Waals surface area contributed by atoms with Gasteiger partial charge in [-0.2, -0.15) is 0 Å². The van der Waals surface area contributed by atoms with Gasteiger partial charge in [-0.3, -0.25) is 4.98 Å². The number of rotatable bonds is 7. The summed E-state index contributed by atoms with van der Waals surface area (Å²) in [5.74, 6) is 2.45. The van der Waals surface area contributed by atoms with Crippen molar-refractivity contribution in [3.8, 4) is 11.5 Å². The summed E-state index contributed by atoms with van der Waals surface area (Å²) < 4.78 is 11.4. The minimum absolute atomic E-state index is 0.338. The molecule has 0 aliphatic carbocycles. The van der Waals surface area contributed by atoms with E-state index in [-0.39, 0.29) is 0 Å². The van der Waals surface area contributed by atoms with Gasteiger partial charge in [0.25, 0.3) is 0 Å². The van der Waals surface area contributed by atoms with Crippen molar-refractivity contribution in [2.24, 2.45) is 0 Å². The second-order valence-corrected chi connectivity index (χ2v) is 7.25. The number of fused-ring (bicyclic) bond motifs is 1. The summed E-state index contributed by atoms with van der Waals surface area (Å²) in [6.45, 7) is 4.61. The molecule has 8 heteroatoms. The molecule has 4 rings (SSSR count). The summed E-state index contributed by atoms with van der Waals surface area (Å²) in [6, 6.07) is 14.8. The number of nitrogens with two attached hydrogens (primary N) is 1. The summed E-state index contributed by atoms with van der Waals surface area (Å²) in [5.41, 5.74) is 9.01. The number of benzene rings is 2. The van der Waals surface area contributed by atoms with Crippen molar-refractivity contribution in [1.29, 1.82) is 0 Å². The van der Waals surface area contributed by atoms with Gasteiger partial charge in [0, 0.05) is 23.3 Å². The molecule has 3 N–H and O–H groups in total. The van der Waals surface area contributed by atoms with Crippen molar-refractivity contribution in [3.63, 3.8) is 0 Å². The first-order valence-corrected chi connectivity index (χ1v) is 10.2. The summed E-state index contributed by atoms with van der Waals surface area (Å²) >= 11 is 6.44.